The second-order valence-corrected chi connectivity index (χ2v) is 4.99. The first-order chi connectivity index (χ1) is 6.67. The Morgan fingerprint density at radius 3 is 2.36 bits per heavy atom. The topological polar surface area (TPSA) is 32.3 Å². The molecule has 0 aromatic heterocycles. The van der Waals surface area contributed by atoms with Crippen LogP contribution in [0.1, 0.15) is 26.7 Å². The number of urea groups is 1. The third-order valence-corrected chi connectivity index (χ3v) is 4.27. The summed E-state index contributed by atoms with van der Waals surface area (Å²) in [5.41, 5.74) is 0. The van der Waals surface area contributed by atoms with Gasteiger partial charge in [-0.05, 0) is 32.9 Å². The van der Waals surface area contributed by atoms with Gasteiger partial charge in [-0.25, -0.2) is 4.79 Å². The number of nitrogens with zero attached hydrogens (tertiary/aromatic N) is 1. The summed E-state index contributed by atoms with van der Waals surface area (Å²) >= 11 is 1.87. The molecule has 1 rings (SSSR count). The molecule has 1 N–H and O–H groups in total. The highest BCUT2D eigenvalue weighted by Crippen LogP contribution is 2.46. The molecule has 14 heavy (non-hydrogen) atoms. The summed E-state index contributed by atoms with van der Waals surface area (Å²) in [5, 5.41) is 3.00. The lowest BCUT2D eigenvalue weighted by Crippen LogP contribution is -2.42. The number of carbonyl (C=O) groups excluding carboxylic acids is 1. The zero-order chi connectivity index (χ0) is 10.6. The Balaban J connectivity index is 2.27. The molecule has 1 saturated carbocycles. The van der Waals surface area contributed by atoms with E-state index in [9.17, 15) is 4.79 Å². The predicted molar refractivity (Wildman–Crippen MR) is 61.8 cm³/mol. The van der Waals surface area contributed by atoms with Gasteiger partial charge in [0.25, 0.3) is 0 Å². The Labute approximate surface area is 90.6 Å². The van der Waals surface area contributed by atoms with Crippen LogP contribution in [-0.2, 0) is 0 Å². The molecule has 0 atom stereocenters. The third kappa shape index (κ3) is 2.80. The fourth-order valence-corrected chi connectivity index (χ4v) is 2.18. The van der Waals surface area contributed by atoms with Crippen LogP contribution in [0.2, 0.25) is 0 Å². The zero-order valence-corrected chi connectivity index (χ0v) is 10.1. The van der Waals surface area contributed by atoms with Crippen molar-refractivity contribution in [1.82, 2.24) is 10.2 Å². The Kier molecular flexibility index (Phi) is 4.11. The number of amides is 2. The van der Waals surface area contributed by atoms with Gasteiger partial charge in [-0.3, -0.25) is 0 Å². The molecule has 2 amide bonds. The van der Waals surface area contributed by atoms with E-state index in [2.05, 4.69) is 11.6 Å². The average molecular weight is 216 g/mol. The van der Waals surface area contributed by atoms with Gasteiger partial charge in [0, 0.05) is 24.4 Å². The van der Waals surface area contributed by atoms with Gasteiger partial charge in [0.05, 0.1) is 0 Å². The largest absolute Gasteiger partial charge is 0.337 e. The molecule has 0 bridgehead atoms. The number of thioether (sulfide) groups is 1. The number of rotatable bonds is 5. The third-order valence-electron chi connectivity index (χ3n) is 2.85. The van der Waals surface area contributed by atoms with E-state index in [4.69, 9.17) is 0 Å². The smallest absolute Gasteiger partial charge is 0.317 e. The molecule has 4 heteroatoms. The first-order valence-electron chi connectivity index (χ1n) is 5.25. The van der Waals surface area contributed by atoms with Crippen molar-refractivity contribution >= 4 is 17.8 Å². The van der Waals surface area contributed by atoms with E-state index >= 15 is 0 Å². The van der Waals surface area contributed by atoms with E-state index in [0.29, 0.717) is 4.75 Å². The van der Waals surface area contributed by atoms with Crippen LogP contribution in [0.15, 0.2) is 0 Å². The lowest BCUT2D eigenvalue weighted by atomic mass is 10.4. The molecule has 0 aromatic rings. The number of hydrogen-bond donors (Lipinski definition) is 1. The van der Waals surface area contributed by atoms with Crippen molar-refractivity contribution in [3.05, 3.63) is 0 Å². The van der Waals surface area contributed by atoms with Gasteiger partial charge in [-0.15, -0.1) is 0 Å². The van der Waals surface area contributed by atoms with Crippen LogP contribution in [0.5, 0.6) is 0 Å². The summed E-state index contributed by atoms with van der Waals surface area (Å²) in [6.07, 6.45) is 4.61. The maximum atomic E-state index is 11.6. The van der Waals surface area contributed by atoms with Gasteiger partial charge < -0.3 is 10.2 Å². The first-order valence-corrected chi connectivity index (χ1v) is 6.48. The Morgan fingerprint density at radius 2 is 2.00 bits per heavy atom. The lowest BCUT2D eigenvalue weighted by molar-refractivity contribution is 0.203. The standard InChI is InChI=1S/C10H20N2OS/c1-4-12(5-2)9(13)11-8-10(14-3)6-7-10/h4-8H2,1-3H3,(H,11,13). The Hall–Kier alpha value is -0.380. The van der Waals surface area contributed by atoms with E-state index in [0.717, 1.165) is 19.6 Å². The van der Waals surface area contributed by atoms with E-state index in [1.54, 1.807) is 0 Å². The molecular formula is C10H20N2OS. The van der Waals surface area contributed by atoms with Crippen LogP contribution in [0, 0.1) is 0 Å². The van der Waals surface area contributed by atoms with Crippen LogP contribution in [0.3, 0.4) is 0 Å². The van der Waals surface area contributed by atoms with Crippen LogP contribution in [-0.4, -0.2) is 41.6 Å². The van der Waals surface area contributed by atoms with Crippen LogP contribution < -0.4 is 5.32 Å². The molecule has 1 fully saturated rings. The maximum absolute atomic E-state index is 11.6. The average Bonchev–Trinajstić information content (AvgIpc) is 2.97. The number of carbonyl (C=O) groups is 1. The van der Waals surface area contributed by atoms with Gasteiger partial charge in [-0.2, -0.15) is 11.8 Å². The van der Waals surface area contributed by atoms with E-state index in [1.807, 2.05) is 30.5 Å². The lowest BCUT2D eigenvalue weighted by Gasteiger charge is -2.21. The van der Waals surface area contributed by atoms with Gasteiger partial charge >= 0.3 is 6.03 Å². The fourth-order valence-electron chi connectivity index (χ4n) is 1.45. The number of hydrogen-bond acceptors (Lipinski definition) is 2. The molecule has 0 aliphatic heterocycles. The van der Waals surface area contributed by atoms with Gasteiger partial charge in [-0.1, -0.05) is 0 Å². The van der Waals surface area contributed by atoms with Gasteiger partial charge in [0.2, 0.25) is 0 Å². The molecular weight excluding hydrogens is 196 g/mol. The number of nitrogens with one attached hydrogen (secondary N) is 1. The van der Waals surface area contributed by atoms with Crippen LogP contribution in [0.4, 0.5) is 4.79 Å². The Bertz CT molecular complexity index is 200. The molecule has 0 heterocycles. The molecule has 1 aliphatic rings. The normalized spacial score (nSPS) is 17.6. The van der Waals surface area contributed by atoms with Crippen molar-refractivity contribution in [2.75, 3.05) is 25.9 Å². The highest BCUT2D eigenvalue weighted by Gasteiger charge is 2.42. The summed E-state index contributed by atoms with van der Waals surface area (Å²) in [6.45, 7) is 6.40. The molecule has 0 unspecified atom stereocenters. The molecule has 0 spiro atoms. The van der Waals surface area contributed by atoms with Gasteiger partial charge in [0.1, 0.15) is 0 Å². The molecule has 82 valence electrons. The second-order valence-electron chi connectivity index (χ2n) is 3.72. The summed E-state index contributed by atoms with van der Waals surface area (Å²) in [7, 11) is 0. The van der Waals surface area contributed by atoms with Crippen molar-refractivity contribution in [2.24, 2.45) is 0 Å². The fraction of sp³-hybridized carbons (Fsp3) is 0.900. The van der Waals surface area contributed by atoms with E-state index < -0.39 is 0 Å². The Morgan fingerprint density at radius 1 is 1.43 bits per heavy atom. The highest BCUT2D eigenvalue weighted by molar-refractivity contribution is 8.00. The van der Waals surface area contributed by atoms with Crippen molar-refractivity contribution in [3.8, 4) is 0 Å². The van der Waals surface area contributed by atoms with Gasteiger partial charge in [0.15, 0.2) is 0 Å². The quantitative estimate of drug-likeness (QED) is 0.761. The monoisotopic (exact) mass is 216 g/mol. The highest BCUT2D eigenvalue weighted by atomic mass is 32.2. The van der Waals surface area contributed by atoms with E-state index in [1.165, 1.54) is 12.8 Å². The second kappa shape index (κ2) is 4.91. The maximum Gasteiger partial charge on any atom is 0.317 e. The summed E-state index contributed by atoms with van der Waals surface area (Å²) in [6, 6.07) is 0.0790. The minimum atomic E-state index is 0.0790. The molecule has 3 nitrogen and oxygen atoms in total. The molecule has 0 saturated heterocycles. The summed E-state index contributed by atoms with van der Waals surface area (Å²) < 4.78 is 0.364. The molecule has 1 aliphatic carbocycles. The minimum absolute atomic E-state index is 0.0790. The minimum Gasteiger partial charge on any atom is -0.337 e. The van der Waals surface area contributed by atoms with Crippen molar-refractivity contribution < 1.29 is 4.79 Å². The van der Waals surface area contributed by atoms with Crippen LogP contribution >= 0.6 is 11.8 Å². The molecule has 0 radical (unpaired) electrons. The van der Waals surface area contributed by atoms with Crippen molar-refractivity contribution in [2.45, 2.75) is 31.4 Å². The summed E-state index contributed by atoms with van der Waals surface area (Å²) in [5.74, 6) is 0. The van der Waals surface area contributed by atoms with Crippen molar-refractivity contribution in [3.63, 3.8) is 0 Å². The molecule has 0 aromatic carbocycles. The first kappa shape index (κ1) is 11.7. The van der Waals surface area contributed by atoms with Crippen molar-refractivity contribution in [1.29, 1.82) is 0 Å². The summed E-state index contributed by atoms with van der Waals surface area (Å²) in [4.78, 5) is 13.4. The van der Waals surface area contributed by atoms with Crippen LogP contribution in [0.25, 0.3) is 0 Å². The van der Waals surface area contributed by atoms with E-state index in [-0.39, 0.29) is 6.03 Å². The zero-order valence-electron chi connectivity index (χ0n) is 9.30. The SMILES string of the molecule is CCN(CC)C(=O)NCC1(SC)CC1. The predicted octanol–water partition coefficient (Wildman–Crippen LogP) is 1.93.